The highest BCUT2D eigenvalue weighted by Gasteiger charge is 2.14. The predicted molar refractivity (Wildman–Crippen MR) is 72.1 cm³/mol. The number of hydrazine groups is 1. The number of nitrogen functional groups attached to an aromatic ring is 1. The number of nitrogens with two attached hydrogens (primary N) is 1. The van der Waals surface area contributed by atoms with Gasteiger partial charge < -0.3 is 5.43 Å². The van der Waals surface area contributed by atoms with Crippen LogP contribution >= 0.6 is 0 Å². The Hall–Kier alpha value is -2.17. The van der Waals surface area contributed by atoms with E-state index in [-0.39, 0.29) is 11.7 Å². The van der Waals surface area contributed by atoms with E-state index in [1.807, 2.05) is 18.9 Å². The molecule has 0 aliphatic rings. The van der Waals surface area contributed by atoms with Gasteiger partial charge in [0.05, 0.1) is 23.1 Å². The third kappa shape index (κ3) is 3.91. The molecule has 3 N–H and O–H groups in total. The van der Waals surface area contributed by atoms with E-state index in [0.29, 0.717) is 18.7 Å². The Morgan fingerprint density at radius 2 is 2.32 bits per heavy atom. The quantitative estimate of drug-likeness (QED) is 0.458. The van der Waals surface area contributed by atoms with E-state index < -0.39 is 4.92 Å². The maximum atomic E-state index is 10.8. The molecule has 7 nitrogen and oxygen atoms in total. The number of anilines is 1. The summed E-state index contributed by atoms with van der Waals surface area (Å²) in [6, 6.07) is 6.64. The van der Waals surface area contributed by atoms with Crippen molar-refractivity contribution in [3.63, 3.8) is 0 Å². The Morgan fingerprint density at radius 3 is 2.84 bits per heavy atom. The highest BCUT2D eigenvalue weighted by molar-refractivity contribution is 5.55. The van der Waals surface area contributed by atoms with Gasteiger partial charge >= 0.3 is 0 Å². The lowest BCUT2D eigenvalue weighted by Crippen LogP contribution is -2.28. The van der Waals surface area contributed by atoms with Gasteiger partial charge in [-0.25, -0.2) is 0 Å². The van der Waals surface area contributed by atoms with Gasteiger partial charge in [-0.3, -0.25) is 20.9 Å². The van der Waals surface area contributed by atoms with Gasteiger partial charge in [-0.2, -0.15) is 5.26 Å². The van der Waals surface area contributed by atoms with Gasteiger partial charge in [0.15, 0.2) is 0 Å². The first-order valence-electron chi connectivity index (χ1n) is 5.80. The number of nitro groups is 1. The summed E-state index contributed by atoms with van der Waals surface area (Å²) in [5.41, 5.74) is 3.91. The Balaban J connectivity index is 2.95. The molecular weight excluding hydrogens is 246 g/mol. The van der Waals surface area contributed by atoms with E-state index in [1.165, 1.54) is 12.1 Å². The Morgan fingerprint density at radius 1 is 1.63 bits per heavy atom. The van der Waals surface area contributed by atoms with Crippen LogP contribution in [0, 0.1) is 21.4 Å². The molecule has 0 aliphatic heterocycles. The standard InChI is InChI=1S/C12H17N5O2/c1-9(5-6-13)16(2)8-10-7-11(17(18)19)3-4-12(10)15-14/h3-4,7,9,15H,5,8,14H2,1-2H3. The molecule has 0 aliphatic carbocycles. The van der Waals surface area contributed by atoms with Crippen LogP contribution in [0.3, 0.4) is 0 Å². The van der Waals surface area contributed by atoms with Crippen LogP contribution < -0.4 is 11.3 Å². The van der Waals surface area contributed by atoms with Crippen LogP contribution in [-0.2, 0) is 6.54 Å². The predicted octanol–water partition coefficient (Wildman–Crippen LogP) is 1.61. The molecule has 1 aromatic rings. The monoisotopic (exact) mass is 263 g/mol. The number of non-ortho nitro benzene ring substituents is 1. The first kappa shape index (κ1) is 14.9. The van der Waals surface area contributed by atoms with Crippen molar-refractivity contribution < 1.29 is 4.92 Å². The summed E-state index contributed by atoms with van der Waals surface area (Å²) >= 11 is 0. The third-order valence-corrected chi connectivity index (χ3v) is 3.01. The van der Waals surface area contributed by atoms with Crippen LogP contribution in [0.15, 0.2) is 18.2 Å². The van der Waals surface area contributed by atoms with Crippen molar-refractivity contribution in [3.8, 4) is 6.07 Å². The van der Waals surface area contributed by atoms with Crippen LogP contribution in [0.1, 0.15) is 18.9 Å². The lowest BCUT2D eigenvalue weighted by atomic mass is 10.1. The number of nitriles is 1. The minimum atomic E-state index is -0.442. The Labute approximate surface area is 111 Å². The molecule has 1 unspecified atom stereocenters. The molecule has 1 aromatic carbocycles. The number of hydrogen-bond acceptors (Lipinski definition) is 6. The molecule has 1 atom stereocenters. The van der Waals surface area contributed by atoms with E-state index in [2.05, 4.69) is 11.5 Å². The van der Waals surface area contributed by atoms with Gasteiger partial charge in [-0.15, -0.1) is 0 Å². The van der Waals surface area contributed by atoms with Crippen molar-refractivity contribution in [2.45, 2.75) is 25.9 Å². The summed E-state index contributed by atoms with van der Waals surface area (Å²) in [5.74, 6) is 5.40. The van der Waals surface area contributed by atoms with E-state index in [4.69, 9.17) is 11.1 Å². The third-order valence-electron chi connectivity index (χ3n) is 3.01. The van der Waals surface area contributed by atoms with Crippen molar-refractivity contribution in [3.05, 3.63) is 33.9 Å². The second-order valence-corrected chi connectivity index (χ2v) is 4.37. The molecule has 7 heteroatoms. The second-order valence-electron chi connectivity index (χ2n) is 4.37. The van der Waals surface area contributed by atoms with E-state index >= 15 is 0 Å². The van der Waals surface area contributed by atoms with Gasteiger partial charge in [0.1, 0.15) is 0 Å². The Bertz CT molecular complexity index is 497. The molecule has 0 radical (unpaired) electrons. The maximum absolute atomic E-state index is 10.8. The summed E-state index contributed by atoms with van der Waals surface area (Å²) < 4.78 is 0. The first-order chi connectivity index (χ1) is 8.99. The highest BCUT2D eigenvalue weighted by atomic mass is 16.6. The summed E-state index contributed by atoms with van der Waals surface area (Å²) in [5, 5.41) is 19.4. The molecule has 0 bridgehead atoms. The number of nitro benzene ring substituents is 1. The molecule has 1 rings (SSSR count). The zero-order chi connectivity index (χ0) is 14.4. The molecule has 0 saturated carbocycles. The molecular formula is C12H17N5O2. The van der Waals surface area contributed by atoms with Crippen LogP contribution in [0.5, 0.6) is 0 Å². The number of hydrogen-bond donors (Lipinski definition) is 2. The van der Waals surface area contributed by atoms with Crippen molar-refractivity contribution in [2.75, 3.05) is 12.5 Å². The van der Waals surface area contributed by atoms with Crippen molar-refractivity contribution >= 4 is 11.4 Å². The fourth-order valence-electron chi connectivity index (χ4n) is 1.68. The minimum absolute atomic E-state index is 0.0235. The normalized spacial score (nSPS) is 11.9. The van der Waals surface area contributed by atoms with Crippen LogP contribution in [0.25, 0.3) is 0 Å². The summed E-state index contributed by atoms with van der Waals surface area (Å²) in [4.78, 5) is 12.3. The van der Waals surface area contributed by atoms with Gasteiger partial charge in [-0.05, 0) is 25.6 Å². The second kappa shape index (κ2) is 6.68. The number of nitrogens with one attached hydrogen (secondary N) is 1. The highest BCUT2D eigenvalue weighted by Crippen LogP contribution is 2.23. The van der Waals surface area contributed by atoms with Crippen LogP contribution in [0.4, 0.5) is 11.4 Å². The summed E-state index contributed by atoms with van der Waals surface area (Å²) in [7, 11) is 1.86. The smallest absolute Gasteiger partial charge is 0.269 e. The fraction of sp³-hybridized carbons (Fsp3) is 0.417. The van der Waals surface area contributed by atoms with Crippen molar-refractivity contribution in [1.82, 2.24) is 4.90 Å². The molecule has 0 saturated heterocycles. The molecule has 0 aromatic heterocycles. The largest absolute Gasteiger partial charge is 0.324 e. The fourth-order valence-corrected chi connectivity index (χ4v) is 1.68. The van der Waals surface area contributed by atoms with Crippen molar-refractivity contribution in [1.29, 1.82) is 5.26 Å². The van der Waals surface area contributed by atoms with Gasteiger partial charge in [0, 0.05) is 24.7 Å². The number of nitrogens with zero attached hydrogens (tertiary/aromatic N) is 3. The summed E-state index contributed by atoms with van der Waals surface area (Å²) in [6.45, 7) is 2.40. The average Bonchev–Trinajstić information content (AvgIpc) is 2.38. The SMILES string of the molecule is CC(CC#N)N(C)Cc1cc([N+](=O)[O-])ccc1NN. The van der Waals surface area contributed by atoms with Gasteiger partial charge in [0.2, 0.25) is 0 Å². The minimum Gasteiger partial charge on any atom is -0.324 e. The average molecular weight is 263 g/mol. The van der Waals surface area contributed by atoms with E-state index in [9.17, 15) is 10.1 Å². The molecule has 0 fully saturated rings. The molecule has 0 spiro atoms. The van der Waals surface area contributed by atoms with Crippen LogP contribution in [0.2, 0.25) is 0 Å². The number of benzene rings is 1. The van der Waals surface area contributed by atoms with Gasteiger partial charge in [0.25, 0.3) is 5.69 Å². The first-order valence-corrected chi connectivity index (χ1v) is 5.80. The zero-order valence-electron chi connectivity index (χ0n) is 11.0. The van der Waals surface area contributed by atoms with Crippen molar-refractivity contribution in [2.24, 2.45) is 5.84 Å². The van der Waals surface area contributed by atoms with E-state index in [1.54, 1.807) is 6.07 Å². The molecule has 102 valence electrons. The summed E-state index contributed by atoms with van der Waals surface area (Å²) in [6.07, 6.45) is 0.400. The number of rotatable bonds is 6. The maximum Gasteiger partial charge on any atom is 0.269 e. The lowest BCUT2D eigenvalue weighted by molar-refractivity contribution is -0.384. The van der Waals surface area contributed by atoms with Gasteiger partial charge in [-0.1, -0.05) is 0 Å². The molecule has 0 amide bonds. The van der Waals surface area contributed by atoms with Crippen LogP contribution in [-0.4, -0.2) is 22.9 Å². The zero-order valence-corrected chi connectivity index (χ0v) is 11.0. The topological polar surface area (TPSA) is 108 Å². The van der Waals surface area contributed by atoms with E-state index in [0.717, 1.165) is 5.56 Å². The molecule has 0 heterocycles. The Kier molecular flexibility index (Phi) is 5.23. The molecule has 19 heavy (non-hydrogen) atoms. The lowest BCUT2D eigenvalue weighted by Gasteiger charge is -2.23.